The summed E-state index contributed by atoms with van der Waals surface area (Å²) in [6, 6.07) is 13.2. The summed E-state index contributed by atoms with van der Waals surface area (Å²) in [5.74, 6) is -4.86. The number of allylic oxidation sites excluding steroid dienone is 1. The second-order valence-corrected chi connectivity index (χ2v) is 9.08. The topological polar surface area (TPSA) is 135 Å². The van der Waals surface area contributed by atoms with Crippen LogP contribution in [0, 0.1) is 24.2 Å². The molecule has 1 heterocycles. The number of anilines is 1. The third-order valence-electron chi connectivity index (χ3n) is 5.56. The maximum atomic E-state index is 12.9. The van der Waals surface area contributed by atoms with E-state index in [0.717, 1.165) is 18.9 Å². The number of hydrogen-bond acceptors (Lipinski definition) is 8. The van der Waals surface area contributed by atoms with E-state index in [1.165, 1.54) is 19.2 Å². The van der Waals surface area contributed by atoms with Crippen LogP contribution >= 0.6 is 23.4 Å². The molecule has 0 saturated heterocycles. The van der Waals surface area contributed by atoms with Crippen molar-refractivity contribution in [2.24, 2.45) is 5.92 Å². The minimum atomic E-state index is -1.33. The van der Waals surface area contributed by atoms with E-state index in [1.807, 2.05) is 0 Å². The number of carbonyl (C=O) groups excluding carboxylic acids is 4. The smallest absolute Gasteiger partial charge is 0.337 e. The van der Waals surface area contributed by atoms with Crippen LogP contribution in [0.3, 0.4) is 0 Å². The molecule has 1 aliphatic rings. The SMILES string of the molecule is COC(=O)c1ccc([C@H]2C(C#N)=C(SCC(=O)Nc3cccc(Cl)c3C)NC(=O)[C@H]2C(=O)OC)cc1. The van der Waals surface area contributed by atoms with Gasteiger partial charge in [-0.05, 0) is 42.3 Å². The number of benzene rings is 2. The van der Waals surface area contributed by atoms with Gasteiger partial charge in [0.1, 0.15) is 5.92 Å². The van der Waals surface area contributed by atoms with E-state index in [2.05, 4.69) is 16.7 Å². The predicted octanol–water partition coefficient (Wildman–Crippen LogP) is 3.54. The lowest BCUT2D eigenvalue weighted by molar-refractivity contribution is -0.150. The lowest BCUT2D eigenvalue weighted by atomic mass is 9.78. The highest BCUT2D eigenvalue weighted by Gasteiger charge is 2.44. The van der Waals surface area contributed by atoms with Gasteiger partial charge in [0, 0.05) is 16.6 Å². The van der Waals surface area contributed by atoms with Crippen LogP contribution in [0.5, 0.6) is 0 Å². The molecule has 2 N–H and O–H groups in total. The highest BCUT2D eigenvalue weighted by Crippen LogP contribution is 2.40. The number of nitrogens with one attached hydrogen (secondary N) is 2. The fourth-order valence-corrected chi connectivity index (χ4v) is 4.71. The molecule has 0 saturated carbocycles. The van der Waals surface area contributed by atoms with Crippen LogP contribution in [0.25, 0.3) is 0 Å². The van der Waals surface area contributed by atoms with Crippen LogP contribution in [-0.2, 0) is 23.9 Å². The second kappa shape index (κ2) is 11.7. The van der Waals surface area contributed by atoms with Gasteiger partial charge in [-0.2, -0.15) is 5.26 Å². The van der Waals surface area contributed by atoms with Crippen LogP contribution in [0.15, 0.2) is 53.1 Å². The number of halogens is 1. The van der Waals surface area contributed by atoms with E-state index < -0.39 is 29.7 Å². The minimum absolute atomic E-state index is 0.0903. The molecule has 0 bridgehead atoms. The Kier molecular flexibility index (Phi) is 8.74. The van der Waals surface area contributed by atoms with Crippen molar-refractivity contribution in [2.45, 2.75) is 12.8 Å². The molecule has 9 nitrogen and oxygen atoms in total. The molecule has 0 aromatic heterocycles. The molecule has 0 fully saturated rings. The fourth-order valence-electron chi connectivity index (χ4n) is 3.69. The van der Waals surface area contributed by atoms with Gasteiger partial charge in [0.25, 0.3) is 0 Å². The van der Waals surface area contributed by atoms with Crippen molar-refractivity contribution in [3.05, 3.63) is 74.8 Å². The van der Waals surface area contributed by atoms with Gasteiger partial charge in [0.05, 0.1) is 42.2 Å². The fraction of sp³-hybridized carbons (Fsp3) is 0.240. The molecular formula is C25H22ClN3O6S. The Morgan fingerprint density at radius 2 is 1.83 bits per heavy atom. The first-order valence-electron chi connectivity index (χ1n) is 10.6. The highest BCUT2D eigenvalue weighted by molar-refractivity contribution is 8.03. The van der Waals surface area contributed by atoms with Crippen molar-refractivity contribution in [1.82, 2.24) is 5.32 Å². The molecular weight excluding hydrogens is 506 g/mol. The zero-order valence-corrected chi connectivity index (χ0v) is 21.2. The van der Waals surface area contributed by atoms with Crippen LogP contribution in [0.4, 0.5) is 5.69 Å². The molecule has 36 heavy (non-hydrogen) atoms. The van der Waals surface area contributed by atoms with Crippen LogP contribution < -0.4 is 10.6 Å². The first kappa shape index (κ1) is 26.8. The maximum absolute atomic E-state index is 12.9. The van der Waals surface area contributed by atoms with E-state index in [4.69, 9.17) is 21.1 Å². The van der Waals surface area contributed by atoms with Crippen molar-refractivity contribution < 1.29 is 28.7 Å². The lowest BCUT2D eigenvalue weighted by Gasteiger charge is -2.31. The number of carbonyl (C=O) groups is 4. The Labute approximate surface area is 216 Å². The number of nitriles is 1. The standard InChI is InChI=1S/C25H22ClN3O6S/c1-13-17(26)5-4-6-18(13)28-19(30)12-36-23-16(11-27)20(21(22(31)29-23)25(33)35-3)14-7-9-15(10-8-14)24(32)34-2/h4-10,20-21H,12H2,1-3H3,(H,28,30)(H,29,31)/t20-,21-/m0/s1. The molecule has 11 heteroatoms. The van der Waals surface area contributed by atoms with E-state index in [0.29, 0.717) is 21.8 Å². The van der Waals surface area contributed by atoms with Gasteiger partial charge in [-0.1, -0.05) is 41.6 Å². The normalized spacial score (nSPS) is 17.0. The summed E-state index contributed by atoms with van der Waals surface area (Å²) in [5, 5.41) is 16.0. The third-order valence-corrected chi connectivity index (χ3v) is 6.99. The van der Waals surface area contributed by atoms with Gasteiger partial charge in [0.15, 0.2) is 0 Å². The summed E-state index contributed by atoms with van der Waals surface area (Å²) in [6.45, 7) is 1.77. The summed E-state index contributed by atoms with van der Waals surface area (Å²) in [6.07, 6.45) is 0. The van der Waals surface area contributed by atoms with Crippen LogP contribution in [0.1, 0.15) is 27.4 Å². The molecule has 0 radical (unpaired) electrons. The minimum Gasteiger partial charge on any atom is -0.468 e. The molecule has 3 rings (SSSR count). The average Bonchev–Trinajstić information content (AvgIpc) is 2.88. The van der Waals surface area contributed by atoms with Crippen molar-refractivity contribution in [2.75, 3.05) is 25.3 Å². The quantitative estimate of drug-likeness (QED) is 0.412. The van der Waals surface area contributed by atoms with Gasteiger partial charge in [-0.25, -0.2) is 4.79 Å². The molecule has 2 aromatic rings. The molecule has 2 amide bonds. The lowest BCUT2D eigenvalue weighted by Crippen LogP contribution is -2.44. The molecule has 186 valence electrons. The maximum Gasteiger partial charge on any atom is 0.337 e. The molecule has 1 aliphatic heterocycles. The summed E-state index contributed by atoms with van der Waals surface area (Å²) < 4.78 is 9.52. The number of rotatable bonds is 7. The van der Waals surface area contributed by atoms with E-state index in [1.54, 1.807) is 37.3 Å². The van der Waals surface area contributed by atoms with Crippen LogP contribution in [-0.4, -0.2) is 43.7 Å². The largest absolute Gasteiger partial charge is 0.468 e. The number of esters is 2. The number of methoxy groups -OCH3 is 2. The highest BCUT2D eigenvalue weighted by atomic mass is 35.5. The first-order chi connectivity index (χ1) is 17.2. The summed E-state index contributed by atoms with van der Waals surface area (Å²) in [7, 11) is 2.40. The number of ether oxygens (including phenoxy) is 2. The Hall–Kier alpha value is -3.81. The van der Waals surface area contributed by atoms with Gasteiger partial charge in [-0.3, -0.25) is 14.4 Å². The van der Waals surface area contributed by atoms with Crippen molar-refractivity contribution in [3.8, 4) is 6.07 Å². The monoisotopic (exact) mass is 527 g/mol. The van der Waals surface area contributed by atoms with E-state index in [-0.39, 0.29) is 27.8 Å². The second-order valence-electron chi connectivity index (χ2n) is 7.69. The van der Waals surface area contributed by atoms with E-state index >= 15 is 0 Å². The van der Waals surface area contributed by atoms with Crippen molar-refractivity contribution in [1.29, 1.82) is 5.26 Å². The third kappa shape index (κ3) is 5.70. The van der Waals surface area contributed by atoms with E-state index in [9.17, 15) is 24.4 Å². The summed E-state index contributed by atoms with van der Waals surface area (Å²) in [4.78, 5) is 49.8. The number of amides is 2. The average molecular weight is 528 g/mol. The first-order valence-corrected chi connectivity index (χ1v) is 12.0. The zero-order valence-electron chi connectivity index (χ0n) is 19.6. The summed E-state index contributed by atoms with van der Waals surface area (Å²) >= 11 is 7.06. The Balaban J connectivity index is 1.92. The number of nitrogens with zero attached hydrogens (tertiary/aromatic N) is 1. The van der Waals surface area contributed by atoms with Gasteiger partial charge >= 0.3 is 11.9 Å². The molecule has 0 spiro atoms. The van der Waals surface area contributed by atoms with Gasteiger partial charge in [-0.15, -0.1) is 0 Å². The Morgan fingerprint density at radius 1 is 1.14 bits per heavy atom. The zero-order chi connectivity index (χ0) is 26.4. The van der Waals surface area contributed by atoms with Crippen molar-refractivity contribution in [3.63, 3.8) is 0 Å². The Morgan fingerprint density at radius 3 is 2.44 bits per heavy atom. The predicted molar refractivity (Wildman–Crippen MR) is 134 cm³/mol. The van der Waals surface area contributed by atoms with Gasteiger partial charge < -0.3 is 20.1 Å². The molecule has 0 unspecified atom stereocenters. The van der Waals surface area contributed by atoms with Gasteiger partial charge in [0.2, 0.25) is 11.8 Å². The molecule has 2 atom stereocenters. The van der Waals surface area contributed by atoms with Crippen LogP contribution in [0.2, 0.25) is 5.02 Å². The molecule has 2 aromatic carbocycles. The summed E-state index contributed by atoms with van der Waals surface area (Å²) in [5.41, 5.74) is 2.05. The number of hydrogen-bond donors (Lipinski definition) is 2. The van der Waals surface area contributed by atoms with Crippen molar-refractivity contribution >= 4 is 52.8 Å². The Bertz CT molecular complexity index is 1290. The number of thioether (sulfide) groups is 1. The molecule has 0 aliphatic carbocycles.